The summed E-state index contributed by atoms with van der Waals surface area (Å²) in [4.78, 5) is 0. The van der Waals surface area contributed by atoms with Crippen LogP contribution in [0, 0.1) is 0 Å². The lowest BCUT2D eigenvalue weighted by atomic mass is 10.2. The van der Waals surface area contributed by atoms with Crippen LogP contribution in [-0.2, 0) is 17.9 Å². The number of nitrogens with one attached hydrogen (secondary N) is 1. The Balaban J connectivity index is 0.00000243. The molecule has 1 unspecified atom stereocenters. The van der Waals surface area contributed by atoms with Crippen LogP contribution in [0.4, 0.5) is 0 Å². The molecule has 0 aromatic heterocycles. The minimum absolute atomic E-state index is 0. The zero-order valence-corrected chi connectivity index (χ0v) is 18.1. The van der Waals surface area contributed by atoms with Gasteiger partial charge in [0.25, 0.3) is 0 Å². The Hall–Kier alpha value is -0.490. The normalized spacial score (nSPS) is 16.3. The summed E-state index contributed by atoms with van der Waals surface area (Å²) in [5.41, 5.74) is 2.00. The van der Waals surface area contributed by atoms with E-state index < -0.39 is 0 Å². The fourth-order valence-corrected chi connectivity index (χ4v) is 3.67. The Morgan fingerprint density at radius 1 is 1.15 bits per heavy atom. The molecule has 2 aromatic carbocycles. The molecule has 0 bridgehead atoms. The molecule has 1 atom stereocenters. The van der Waals surface area contributed by atoms with Gasteiger partial charge in [-0.25, -0.2) is 0 Å². The molecule has 1 aliphatic heterocycles. The maximum Gasteiger partial charge on any atom is 0.124 e. The standard InChI is InChI=1S/C19H20BrCl2NO2.ClH/c20-15-4-6-19(25-12-13-3-5-16(21)9-18(13)22)14(8-15)10-23-11-17-2-1-7-24-17;/h3-6,8-9,17,23H,1-2,7,10-12H2;1H. The molecule has 26 heavy (non-hydrogen) atoms. The van der Waals surface area contributed by atoms with Crippen LogP contribution in [0.3, 0.4) is 0 Å². The number of hydrogen-bond acceptors (Lipinski definition) is 3. The van der Waals surface area contributed by atoms with Gasteiger partial charge < -0.3 is 14.8 Å². The molecule has 7 heteroatoms. The van der Waals surface area contributed by atoms with Crippen molar-refractivity contribution in [3.05, 3.63) is 62.0 Å². The zero-order valence-electron chi connectivity index (χ0n) is 14.1. The molecule has 3 rings (SSSR count). The second-order valence-corrected chi connectivity index (χ2v) is 7.80. The Morgan fingerprint density at radius 2 is 2.00 bits per heavy atom. The van der Waals surface area contributed by atoms with E-state index >= 15 is 0 Å². The van der Waals surface area contributed by atoms with Gasteiger partial charge in [0.1, 0.15) is 12.4 Å². The average molecular weight is 482 g/mol. The molecular weight excluding hydrogens is 460 g/mol. The largest absolute Gasteiger partial charge is 0.489 e. The molecule has 0 aliphatic carbocycles. The van der Waals surface area contributed by atoms with Gasteiger partial charge in [-0.05, 0) is 43.2 Å². The highest BCUT2D eigenvalue weighted by molar-refractivity contribution is 9.10. The van der Waals surface area contributed by atoms with Crippen molar-refractivity contribution in [2.24, 2.45) is 0 Å². The molecule has 0 spiro atoms. The number of rotatable bonds is 7. The summed E-state index contributed by atoms with van der Waals surface area (Å²) in [5, 5.41) is 4.69. The number of benzene rings is 2. The van der Waals surface area contributed by atoms with Crippen LogP contribution < -0.4 is 10.1 Å². The lowest BCUT2D eigenvalue weighted by Crippen LogP contribution is -2.26. The van der Waals surface area contributed by atoms with Crippen LogP contribution in [0.15, 0.2) is 40.9 Å². The van der Waals surface area contributed by atoms with Crippen LogP contribution in [0.25, 0.3) is 0 Å². The van der Waals surface area contributed by atoms with E-state index in [4.69, 9.17) is 32.7 Å². The van der Waals surface area contributed by atoms with E-state index in [1.807, 2.05) is 24.3 Å². The Morgan fingerprint density at radius 3 is 2.73 bits per heavy atom. The molecule has 1 N–H and O–H groups in total. The minimum Gasteiger partial charge on any atom is -0.489 e. The molecule has 2 aromatic rings. The van der Waals surface area contributed by atoms with E-state index in [0.717, 1.165) is 53.9 Å². The predicted octanol–water partition coefficient (Wildman–Crippen LogP) is 6.03. The van der Waals surface area contributed by atoms with E-state index in [-0.39, 0.29) is 12.4 Å². The van der Waals surface area contributed by atoms with Crippen LogP contribution in [0.2, 0.25) is 10.0 Å². The molecule has 1 aliphatic rings. The average Bonchev–Trinajstić information content (AvgIpc) is 3.09. The van der Waals surface area contributed by atoms with Crippen molar-refractivity contribution in [1.29, 1.82) is 0 Å². The van der Waals surface area contributed by atoms with Gasteiger partial charge in [0.2, 0.25) is 0 Å². The Labute approximate surface area is 178 Å². The Bertz CT molecular complexity index is 724. The first-order valence-corrected chi connectivity index (χ1v) is 9.84. The Kier molecular flexibility index (Phi) is 9.01. The summed E-state index contributed by atoms with van der Waals surface area (Å²) in [5.74, 6) is 0.842. The summed E-state index contributed by atoms with van der Waals surface area (Å²) in [6.45, 7) is 2.85. The molecule has 1 heterocycles. The molecule has 142 valence electrons. The van der Waals surface area contributed by atoms with Crippen molar-refractivity contribution in [1.82, 2.24) is 5.32 Å². The number of hydrogen-bond donors (Lipinski definition) is 1. The third-order valence-corrected chi connectivity index (χ3v) is 5.21. The van der Waals surface area contributed by atoms with Crippen LogP contribution >= 0.6 is 51.5 Å². The third-order valence-electron chi connectivity index (χ3n) is 4.13. The maximum atomic E-state index is 6.22. The van der Waals surface area contributed by atoms with Crippen molar-refractivity contribution >= 4 is 51.5 Å². The van der Waals surface area contributed by atoms with Gasteiger partial charge in [-0.3, -0.25) is 0 Å². The molecule has 3 nitrogen and oxygen atoms in total. The summed E-state index contributed by atoms with van der Waals surface area (Å²) >= 11 is 15.7. The number of ether oxygens (including phenoxy) is 2. The van der Waals surface area contributed by atoms with Gasteiger partial charge in [-0.1, -0.05) is 45.2 Å². The quantitative estimate of drug-likeness (QED) is 0.524. The van der Waals surface area contributed by atoms with Gasteiger partial charge in [-0.2, -0.15) is 0 Å². The third kappa shape index (κ3) is 6.29. The lowest BCUT2D eigenvalue weighted by molar-refractivity contribution is 0.110. The van der Waals surface area contributed by atoms with Crippen molar-refractivity contribution in [2.75, 3.05) is 13.2 Å². The monoisotopic (exact) mass is 479 g/mol. The number of halogens is 4. The highest BCUT2D eigenvalue weighted by Gasteiger charge is 2.15. The molecule has 0 amide bonds. The molecule has 0 radical (unpaired) electrons. The van der Waals surface area contributed by atoms with E-state index in [1.165, 1.54) is 0 Å². The van der Waals surface area contributed by atoms with Crippen molar-refractivity contribution in [2.45, 2.75) is 32.1 Å². The van der Waals surface area contributed by atoms with E-state index in [0.29, 0.717) is 22.8 Å². The van der Waals surface area contributed by atoms with Crippen molar-refractivity contribution in [3.8, 4) is 5.75 Å². The molecule has 1 fully saturated rings. The predicted molar refractivity (Wildman–Crippen MR) is 113 cm³/mol. The first-order chi connectivity index (χ1) is 12.1. The summed E-state index contributed by atoms with van der Waals surface area (Å²) in [7, 11) is 0. The van der Waals surface area contributed by atoms with Gasteiger partial charge in [0, 0.05) is 45.3 Å². The highest BCUT2D eigenvalue weighted by atomic mass is 79.9. The van der Waals surface area contributed by atoms with E-state index in [1.54, 1.807) is 6.07 Å². The summed E-state index contributed by atoms with van der Waals surface area (Å²) in [6.07, 6.45) is 2.60. The van der Waals surface area contributed by atoms with Gasteiger partial charge in [0.05, 0.1) is 6.10 Å². The van der Waals surface area contributed by atoms with Crippen LogP contribution in [0.1, 0.15) is 24.0 Å². The lowest BCUT2D eigenvalue weighted by Gasteiger charge is -2.15. The minimum atomic E-state index is 0. The van der Waals surface area contributed by atoms with Crippen molar-refractivity contribution < 1.29 is 9.47 Å². The van der Waals surface area contributed by atoms with Gasteiger partial charge in [0.15, 0.2) is 0 Å². The fraction of sp³-hybridized carbons (Fsp3) is 0.368. The van der Waals surface area contributed by atoms with Crippen molar-refractivity contribution in [3.63, 3.8) is 0 Å². The second kappa shape index (κ2) is 10.7. The molecular formula is C19H21BrCl3NO2. The second-order valence-electron chi connectivity index (χ2n) is 6.04. The smallest absolute Gasteiger partial charge is 0.124 e. The summed E-state index contributed by atoms with van der Waals surface area (Å²) < 4.78 is 12.7. The SMILES string of the molecule is Cl.Clc1ccc(COc2ccc(Br)cc2CNCC2CCCO2)c(Cl)c1. The van der Waals surface area contributed by atoms with Gasteiger partial charge in [-0.15, -0.1) is 12.4 Å². The van der Waals surface area contributed by atoms with Crippen LogP contribution in [-0.4, -0.2) is 19.3 Å². The first kappa shape index (κ1) is 21.8. The van der Waals surface area contributed by atoms with Gasteiger partial charge >= 0.3 is 0 Å². The maximum absolute atomic E-state index is 6.22. The molecule has 1 saturated heterocycles. The fourth-order valence-electron chi connectivity index (χ4n) is 2.79. The van der Waals surface area contributed by atoms with E-state index in [9.17, 15) is 0 Å². The first-order valence-electron chi connectivity index (χ1n) is 8.29. The summed E-state index contributed by atoms with van der Waals surface area (Å²) in [6, 6.07) is 11.4. The topological polar surface area (TPSA) is 30.5 Å². The molecule has 0 saturated carbocycles. The van der Waals surface area contributed by atoms with E-state index in [2.05, 4.69) is 27.3 Å². The van der Waals surface area contributed by atoms with Crippen LogP contribution in [0.5, 0.6) is 5.75 Å². The highest BCUT2D eigenvalue weighted by Crippen LogP contribution is 2.26. The zero-order chi connectivity index (χ0) is 17.6.